The Kier molecular flexibility index (Phi) is 4.24. The van der Waals surface area contributed by atoms with E-state index in [1.807, 2.05) is 24.3 Å². The van der Waals surface area contributed by atoms with E-state index in [1.165, 1.54) is 0 Å². The van der Waals surface area contributed by atoms with Gasteiger partial charge in [0, 0.05) is 15.1 Å². The Morgan fingerprint density at radius 1 is 1.29 bits per heavy atom. The predicted octanol–water partition coefficient (Wildman–Crippen LogP) is 4.64. The van der Waals surface area contributed by atoms with Crippen molar-refractivity contribution in [2.75, 3.05) is 0 Å². The summed E-state index contributed by atoms with van der Waals surface area (Å²) in [4.78, 5) is 16.6. The van der Waals surface area contributed by atoms with Crippen molar-refractivity contribution in [1.82, 2.24) is 10.3 Å². The van der Waals surface area contributed by atoms with Crippen LogP contribution in [0.15, 0.2) is 46.9 Å². The number of hydrogen-bond donors (Lipinski definition) is 1. The largest absolute Gasteiger partial charge is 0.346 e. The average Bonchev–Trinajstić information content (AvgIpc) is 2.86. The molecule has 0 aliphatic rings. The molecule has 6 heteroatoms. The smallest absolute Gasteiger partial charge is 0.251 e. The van der Waals surface area contributed by atoms with Crippen LogP contribution in [0.3, 0.4) is 0 Å². The lowest BCUT2D eigenvalue weighted by Crippen LogP contribution is -2.22. The maximum atomic E-state index is 12.1. The molecule has 3 aromatic rings. The van der Waals surface area contributed by atoms with Crippen molar-refractivity contribution in [3.05, 3.63) is 62.5 Å². The Labute approximate surface area is 139 Å². The number of hydrogen-bond acceptors (Lipinski definition) is 3. The molecule has 3 nitrogen and oxygen atoms in total. The van der Waals surface area contributed by atoms with E-state index in [0.717, 1.165) is 19.7 Å². The fourth-order valence-corrected chi connectivity index (χ4v) is 3.71. The summed E-state index contributed by atoms with van der Waals surface area (Å²) >= 11 is 10.8. The summed E-state index contributed by atoms with van der Waals surface area (Å²) in [7, 11) is 0. The molecule has 0 bridgehead atoms. The van der Waals surface area contributed by atoms with Crippen LogP contribution in [0.5, 0.6) is 0 Å². The molecule has 1 N–H and O–H groups in total. The fraction of sp³-hybridized carbons (Fsp3) is 0.0667. The highest BCUT2D eigenvalue weighted by atomic mass is 79.9. The molecule has 0 unspecified atom stereocenters. The average molecular weight is 382 g/mol. The molecule has 0 aliphatic heterocycles. The number of rotatable bonds is 3. The second-order valence-corrected chi connectivity index (χ2v) is 6.88. The zero-order valence-corrected chi connectivity index (χ0v) is 13.9. The monoisotopic (exact) mass is 380 g/mol. The Morgan fingerprint density at radius 2 is 2.10 bits per heavy atom. The third-order valence-electron chi connectivity index (χ3n) is 2.86. The Balaban J connectivity index is 1.73. The van der Waals surface area contributed by atoms with Gasteiger partial charge in [-0.2, -0.15) is 0 Å². The van der Waals surface area contributed by atoms with Crippen molar-refractivity contribution in [3.8, 4) is 0 Å². The van der Waals surface area contributed by atoms with Crippen LogP contribution in [0.1, 0.15) is 15.4 Å². The molecule has 0 fully saturated rings. The number of benzene rings is 2. The highest BCUT2D eigenvalue weighted by Crippen LogP contribution is 2.22. The van der Waals surface area contributed by atoms with Crippen molar-refractivity contribution >= 4 is 55.0 Å². The first-order valence-corrected chi connectivity index (χ1v) is 8.19. The number of thiazole rings is 1. The minimum absolute atomic E-state index is 0.169. The second kappa shape index (κ2) is 6.13. The first kappa shape index (κ1) is 14.5. The predicted molar refractivity (Wildman–Crippen MR) is 89.9 cm³/mol. The number of nitrogens with one attached hydrogen (secondary N) is 1. The van der Waals surface area contributed by atoms with E-state index in [2.05, 4.69) is 26.2 Å². The molecular weight excluding hydrogens is 372 g/mol. The first-order chi connectivity index (χ1) is 10.1. The SMILES string of the molecule is O=C(NCc1nc2ccccc2s1)c1cc(Cl)cc(Br)c1. The summed E-state index contributed by atoms with van der Waals surface area (Å²) in [6.07, 6.45) is 0. The van der Waals surface area contributed by atoms with E-state index in [9.17, 15) is 4.79 Å². The standard InChI is InChI=1S/C15H10BrClN2OS/c16-10-5-9(6-11(17)7-10)15(20)18-8-14-19-12-3-1-2-4-13(12)21-14/h1-7H,8H2,(H,18,20). The van der Waals surface area contributed by atoms with Crippen LogP contribution in [-0.4, -0.2) is 10.9 Å². The van der Waals surface area contributed by atoms with Gasteiger partial charge in [-0.15, -0.1) is 11.3 Å². The lowest BCUT2D eigenvalue weighted by Gasteiger charge is -2.04. The van der Waals surface area contributed by atoms with Gasteiger partial charge in [0.25, 0.3) is 5.91 Å². The number of carbonyl (C=O) groups is 1. The highest BCUT2D eigenvalue weighted by Gasteiger charge is 2.09. The summed E-state index contributed by atoms with van der Waals surface area (Å²) < 4.78 is 1.90. The Hall–Kier alpha value is -1.43. The topological polar surface area (TPSA) is 42.0 Å². The van der Waals surface area contributed by atoms with E-state index >= 15 is 0 Å². The molecule has 106 valence electrons. The van der Waals surface area contributed by atoms with E-state index in [0.29, 0.717) is 17.1 Å². The van der Waals surface area contributed by atoms with Crippen molar-refractivity contribution in [2.24, 2.45) is 0 Å². The van der Waals surface area contributed by atoms with E-state index < -0.39 is 0 Å². The van der Waals surface area contributed by atoms with Gasteiger partial charge >= 0.3 is 0 Å². The normalized spacial score (nSPS) is 10.8. The molecule has 1 aromatic heterocycles. The van der Waals surface area contributed by atoms with Crippen molar-refractivity contribution in [1.29, 1.82) is 0 Å². The van der Waals surface area contributed by atoms with Crippen LogP contribution in [0.2, 0.25) is 5.02 Å². The van der Waals surface area contributed by atoms with Gasteiger partial charge in [-0.25, -0.2) is 4.98 Å². The second-order valence-electron chi connectivity index (χ2n) is 4.42. The minimum Gasteiger partial charge on any atom is -0.346 e. The number of halogens is 2. The van der Waals surface area contributed by atoms with Gasteiger partial charge < -0.3 is 5.32 Å². The number of aromatic nitrogens is 1. The molecule has 2 aromatic carbocycles. The maximum absolute atomic E-state index is 12.1. The Morgan fingerprint density at radius 3 is 2.86 bits per heavy atom. The Bertz CT molecular complexity index is 765. The van der Waals surface area contributed by atoms with Gasteiger partial charge in [0.2, 0.25) is 0 Å². The molecule has 0 radical (unpaired) electrons. The van der Waals surface area contributed by atoms with Gasteiger partial charge in [0.1, 0.15) is 5.01 Å². The van der Waals surface area contributed by atoms with E-state index in [4.69, 9.17) is 11.6 Å². The molecule has 0 saturated carbocycles. The number of fused-ring (bicyclic) bond motifs is 1. The summed E-state index contributed by atoms with van der Waals surface area (Å²) in [5.74, 6) is -0.169. The molecule has 0 atom stereocenters. The summed E-state index contributed by atoms with van der Waals surface area (Å²) in [5.41, 5.74) is 1.48. The zero-order valence-electron chi connectivity index (χ0n) is 10.8. The summed E-state index contributed by atoms with van der Waals surface area (Å²) in [6, 6.07) is 13.0. The van der Waals surface area contributed by atoms with Crippen molar-refractivity contribution in [3.63, 3.8) is 0 Å². The molecule has 0 spiro atoms. The molecule has 21 heavy (non-hydrogen) atoms. The molecule has 3 rings (SSSR count). The lowest BCUT2D eigenvalue weighted by atomic mass is 10.2. The van der Waals surface area contributed by atoms with E-state index in [1.54, 1.807) is 29.5 Å². The zero-order chi connectivity index (χ0) is 14.8. The van der Waals surface area contributed by atoms with Gasteiger partial charge in [-0.05, 0) is 30.3 Å². The van der Waals surface area contributed by atoms with Gasteiger partial charge in [-0.3, -0.25) is 4.79 Å². The van der Waals surface area contributed by atoms with Crippen LogP contribution >= 0.6 is 38.9 Å². The van der Waals surface area contributed by atoms with Crippen LogP contribution in [0, 0.1) is 0 Å². The molecule has 0 saturated heterocycles. The number of para-hydroxylation sites is 1. The summed E-state index contributed by atoms with van der Waals surface area (Å²) in [6.45, 7) is 0.405. The first-order valence-electron chi connectivity index (χ1n) is 6.20. The highest BCUT2D eigenvalue weighted by molar-refractivity contribution is 9.10. The van der Waals surface area contributed by atoms with Crippen LogP contribution in [-0.2, 0) is 6.54 Å². The molecular formula is C15H10BrClN2OS. The van der Waals surface area contributed by atoms with Gasteiger partial charge in [-0.1, -0.05) is 39.7 Å². The number of nitrogens with zero attached hydrogens (tertiary/aromatic N) is 1. The minimum atomic E-state index is -0.169. The molecule has 1 heterocycles. The van der Waals surface area contributed by atoms with Crippen molar-refractivity contribution in [2.45, 2.75) is 6.54 Å². The number of carbonyl (C=O) groups excluding carboxylic acids is 1. The summed E-state index contributed by atoms with van der Waals surface area (Å²) in [5, 5.41) is 4.26. The maximum Gasteiger partial charge on any atom is 0.251 e. The third-order valence-corrected chi connectivity index (χ3v) is 4.58. The number of amides is 1. The van der Waals surface area contributed by atoms with Gasteiger partial charge in [0.05, 0.1) is 16.8 Å². The van der Waals surface area contributed by atoms with Crippen LogP contribution < -0.4 is 5.32 Å². The van der Waals surface area contributed by atoms with Crippen LogP contribution in [0.25, 0.3) is 10.2 Å². The third kappa shape index (κ3) is 3.43. The van der Waals surface area contributed by atoms with Gasteiger partial charge in [0.15, 0.2) is 0 Å². The van der Waals surface area contributed by atoms with Crippen molar-refractivity contribution < 1.29 is 4.79 Å². The molecule has 1 amide bonds. The van der Waals surface area contributed by atoms with E-state index in [-0.39, 0.29) is 5.91 Å². The molecule has 0 aliphatic carbocycles. The fourth-order valence-electron chi connectivity index (χ4n) is 1.94. The quantitative estimate of drug-likeness (QED) is 0.718. The van der Waals surface area contributed by atoms with Crippen LogP contribution in [0.4, 0.5) is 0 Å². The lowest BCUT2D eigenvalue weighted by molar-refractivity contribution is 0.0951.